The van der Waals surface area contributed by atoms with E-state index in [4.69, 9.17) is 8.85 Å². The van der Waals surface area contributed by atoms with E-state index in [9.17, 15) is 0 Å². The van der Waals surface area contributed by atoms with Crippen LogP contribution in [0, 0.1) is 6.92 Å². The number of nitrogens with zero attached hydrogens (tertiary/aromatic N) is 1. The largest absolute Gasteiger partial charge is 0.367 e. The Labute approximate surface area is 126 Å². The Kier molecular flexibility index (Phi) is 4.00. The summed E-state index contributed by atoms with van der Waals surface area (Å²) < 4.78 is 30.9. The molecular weight excluding hydrogens is 246 g/mol. The Morgan fingerprint density at radius 2 is 1.75 bits per heavy atom. The van der Waals surface area contributed by atoms with Gasteiger partial charge < -0.3 is 9.64 Å². The van der Waals surface area contributed by atoms with E-state index < -0.39 is 12.6 Å². The van der Waals surface area contributed by atoms with Crippen LogP contribution >= 0.6 is 0 Å². The minimum Gasteiger partial charge on any atom is -0.367 e. The van der Waals surface area contributed by atoms with Crippen LogP contribution in [0.3, 0.4) is 0 Å². The third kappa shape index (κ3) is 3.92. The van der Waals surface area contributed by atoms with E-state index in [2.05, 4.69) is 0 Å². The molecule has 0 radical (unpaired) electrons. The molecule has 2 aromatic carbocycles. The molecule has 0 amide bonds. The monoisotopic (exact) mass is 272 g/mol. The Bertz CT molecular complexity index is 646. The van der Waals surface area contributed by atoms with Gasteiger partial charge in [0.1, 0.15) is 6.08 Å². The minimum absolute atomic E-state index is 0.202. The van der Waals surface area contributed by atoms with E-state index in [1.54, 1.807) is 14.1 Å². The van der Waals surface area contributed by atoms with Crippen LogP contribution in [0.1, 0.15) is 26.9 Å². The quantitative estimate of drug-likeness (QED) is 0.795. The third-order valence-electron chi connectivity index (χ3n) is 3.02. The van der Waals surface area contributed by atoms with Gasteiger partial charge in [-0.1, -0.05) is 54.6 Å². The fourth-order valence-electron chi connectivity index (χ4n) is 1.97. The molecule has 0 aromatic heterocycles. The van der Waals surface area contributed by atoms with Crippen LogP contribution in [0.2, 0.25) is 0 Å². The SMILES string of the molecule is [2H]C(OCC([2H])([2H])N(C)C)(c1ccccc1)c1ccccc1C. The first-order valence-electron chi connectivity index (χ1n) is 8.20. The molecule has 0 aliphatic carbocycles. The first-order chi connectivity index (χ1) is 10.8. The molecule has 1 atom stereocenters. The molecule has 1 unspecified atom stereocenters. The summed E-state index contributed by atoms with van der Waals surface area (Å²) >= 11 is 0. The molecule has 0 aliphatic rings. The topological polar surface area (TPSA) is 12.5 Å². The summed E-state index contributed by atoms with van der Waals surface area (Å²) in [6.07, 6.45) is -1.45. The average molecular weight is 272 g/mol. The molecule has 0 saturated heterocycles. The number of likely N-dealkylation sites (N-methyl/N-ethyl adjacent to an activating group) is 1. The Hall–Kier alpha value is -1.64. The van der Waals surface area contributed by atoms with Gasteiger partial charge in [0.15, 0.2) is 0 Å². The van der Waals surface area contributed by atoms with Gasteiger partial charge in [-0.2, -0.15) is 0 Å². The molecular formula is C18H23NO. The lowest BCUT2D eigenvalue weighted by Gasteiger charge is -2.22. The fraction of sp³-hybridized carbons (Fsp3) is 0.333. The van der Waals surface area contributed by atoms with Crippen molar-refractivity contribution < 1.29 is 8.85 Å². The number of hydrogen-bond donors (Lipinski definition) is 0. The molecule has 2 heteroatoms. The number of benzene rings is 2. The number of hydrogen-bond acceptors (Lipinski definition) is 2. The van der Waals surface area contributed by atoms with Crippen molar-refractivity contribution in [3.63, 3.8) is 0 Å². The second kappa shape index (κ2) is 7.22. The highest BCUT2D eigenvalue weighted by molar-refractivity contribution is 5.35. The number of ether oxygens (including phenoxy) is 1. The molecule has 20 heavy (non-hydrogen) atoms. The lowest BCUT2D eigenvalue weighted by atomic mass is 9.97. The summed E-state index contributed by atoms with van der Waals surface area (Å²) in [5.74, 6) is 0. The van der Waals surface area contributed by atoms with Crippen LogP contribution in [0.4, 0.5) is 0 Å². The zero-order valence-electron chi connectivity index (χ0n) is 15.3. The lowest BCUT2D eigenvalue weighted by molar-refractivity contribution is 0.0683. The van der Waals surface area contributed by atoms with Crippen molar-refractivity contribution >= 4 is 0 Å². The highest BCUT2D eigenvalue weighted by Gasteiger charge is 2.16. The molecule has 2 rings (SSSR count). The molecule has 0 saturated carbocycles. The van der Waals surface area contributed by atoms with E-state index in [1.807, 2.05) is 61.5 Å². The first-order valence-corrected chi connectivity index (χ1v) is 6.70. The maximum atomic E-state index is 8.96. The standard InChI is InChI=1S/C18H23NO/c1-15-9-7-8-12-17(15)18(20-14-13-19(2)3)16-10-5-4-6-11-16/h4-12,18H,13-14H2,1-3H3/i13D2,18D. The second-order valence-electron chi connectivity index (χ2n) is 4.85. The van der Waals surface area contributed by atoms with Crippen molar-refractivity contribution in [1.29, 1.82) is 0 Å². The lowest BCUT2D eigenvalue weighted by Crippen LogP contribution is -2.20. The van der Waals surface area contributed by atoms with Crippen molar-refractivity contribution in [1.82, 2.24) is 4.90 Å². The fourth-order valence-corrected chi connectivity index (χ4v) is 1.97. The van der Waals surface area contributed by atoms with Gasteiger partial charge in [0.25, 0.3) is 0 Å². The summed E-state index contributed by atoms with van der Waals surface area (Å²) in [6, 6.07) is 16.9. The highest BCUT2D eigenvalue weighted by Crippen LogP contribution is 2.28. The van der Waals surface area contributed by atoms with Gasteiger partial charge in [-0.15, -0.1) is 0 Å². The summed E-state index contributed by atoms with van der Waals surface area (Å²) in [5, 5.41) is 0. The van der Waals surface area contributed by atoms with Crippen LogP contribution < -0.4 is 0 Å². The maximum Gasteiger partial charge on any atom is 0.108 e. The van der Waals surface area contributed by atoms with Crippen LogP contribution in [-0.2, 0) is 4.74 Å². The van der Waals surface area contributed by atoms with Gasteiger partial charge in [0.05, 0.1) is 7.98 Å². The molecule has 2 nitrogen and oxygen atoms in total. The van der Waals surface area contributed by atoms with Crippen LogP contribution in [-0.4, -0.2) is 32.1 Å². The number of rotatable bonds is 6. The molecule has 0 bridgehead atoms. The Balaban J connectivity index is 2.43. The first kappa shape index (κ1) is 11.1. The molecule has 0 aliphatic heterocycles. The zero-order chi connectivity index (χ0) is 17.1. The Morgan fingerprint density at radius 1 is 1.10 bits per heavy atom. The van der Waals surface area contributed by atoms with E-state index in [-0.39, 0.29) is 6.61 Å². The van der Waals surface area contributed by atoms with Crippen molar-refractivity contribution in [3.05, 3.63) is 71.3 Å². The van der Waals surface area contributed by atoms with Gasteiger partial charge in [0.2, 0.25) is 0 Å². The van der Waals surface area contributed by atoms with Gasteiger partial charge in [-0.25, -0.2) is 0 Å². The smallest absolute Gasteiger partial charge is 0.108 e. The summed E-state index contributed by atoms with van der Waals surface area (Å²) in [4.78, 5) is 1.45. The summed E-state index contributed by atoms with van der Waals surface area (Å²) in [5.41, 5.74) is 2.35. The zero-order valence-corrected chi connectivity index (χ0v) is 12.3. The number of aryl methyl sites for hydroxylation is 1. The summed E-state index contributed by atoms with van der Waals surface area (Å²) in [6.45, 7) is 0.0853. The second-order valence-corrected chi connectivity index (χ2v) is 4.85. The van der Waals surface area contributed by atoms with Gasteiger partial charge in [-0.3, -0.25) is 0 Å². The van der Waals surface area contributed by atoms with E-state index in [0.29, 0.717) is 5.56 Å². The molecule has 0 spiro atoms. The molecule has 106 valence electrons. The van der Waals surface area contributed by atoms with Crippen molar-refractivity contribution in [3.8, 4) is 0 Å². The Morgan fingerprint density at radius 3 is 2.40 bits per heavy atom. The third-order valence-corrected chi connectivity index (χ3v) is 3.02. The summed E-state index contributed by atoms with van der Waals surface area (Å²) in [7, 11) is 3.32. The van der Waals surface area contributed by atoms with Crippen molar-refractivity contribution in [2.24, 2.45) is 0 Å². The molecule has 0 N–H and O–H groups in total. The van der Waals surface area contributed by atoms with Crippen molar-refractivity contribution in [2.45, 2.75) is 13.0 Å². The van der Waals surface area contributed by atoms with E-state index in [1.165, 1.54) is 4.90 Å². The average Bonchev–Trinajstić information content (AvgIpc) is 2.54. The molecule has 2 aromatic rings. The minimum atomic E-state index is -1.65. The van der Waals surface area contributed by atoms with Gasteiger partial charge in [-0.05, 0) is 37.7 Å². The maximum absolute atomic E-state index is 8.96. The molecule has 0 heterocycles. The van der Waals surface area contributed by atoms with Crippen molar-refractivity contribution in [2.75, 3.05) is 27.2 Å². The predicted octanol–water partition coefficient (Wildman–Crippen LogP) is 3.66. The van der Waals surface area contributed by atoms with E-state index in [0.717, 1.165) is 11.1 Å². The predicted molar refractivity (Wildman–Crippen MR) is 84.0 cm³/mol. The molecule has 0 fully saturated rings. The van der Waals surface area contributed by atoms with Crippen LogP contribution in [0.15, 0.2) is 54.6 Å². The van der Waals surface area contributed by atoms with Crippen LogP contribution in [0.25, 0.3) is 0 Å². The normalized spacial score (nSPS) is 17.1. The van der Waals surface area contributed by atoms with Crippen LogP contribution in [0.5, 0.6) is 0 Å². The van der Waals surface area contributed by atoms with Gasteiger partial charge in [0, 0.05) is 9.24 Å². The highest BCUT2D eigenvalue weighted by atomic mass is 16.5. The van der Waals surface area contributed by atoms with E-state index >= 15 is 0 Å². The van der Waals surface area contributed by atoms with Gasteiger partial charge >= 0.3 is 0 Å².